The lowest BCUT2D eigenvalue weighted by Gasteiger charge is -1.89. The van der Waals surface area contributed by atoms with Gasteiger partial charge in [0.05, 0.1) is 6.20 Å². The van der Waals surface area contributed by atoms with Crippen LogP contribution in [0.1, 0.15) is 0 Å². The average Bonchev–Trinajstić information content (AvgIpc) is 2.36. The molecule has 0 fully saturated rings. The maximum atomic E-state index is 5.51. The van der Waals surface area contributed by atoms with E-state index in [-0.39, 0.29) is 0 Å². The molecule has 0 amide bonds. The number of rotatable bonds is 0. The first kappa shape index (κ1) is 5.22. The van der Waals surface area contributed by atoms with E-state index in [9.17, 15) is 0 Å². The standard InChI is InChI=1S/C6H6N4/c7-6-5-3-8-1-4(5)2-9-10-6/h1-3,8H,(H2,7,10). The van der Waals surface area contributed by atoms with E-state index >= 15 is 0 Å². The van der Waals surface area contributed by atoms with Crippen molar-refractivity contribution in [2.45, 2.75) is 0 Å². The summed E-state index contributed by atoms with van der Waals surface area (Å²) in [5.74, 6) is 0.471. The highest BCUT2D eigenvalue weighted by Gasteiger charge is 1.97. The average molecular weight is 134 g/mol. The molecular weight excluding hydrogens is 128 g/mol. The number of nitrogens with one attached hydrogen (secondary N) is 1. The van der Waals surface area contributed by atoms with Crippen LogP contribution < -0.4 is 5.73 Å². The Kier molecular flexibility index (Phi) is 0.887. The van der Waals surface area contributed by atoms with E-state index in [1.807, 2.05) is 6.20 Å². The van der Waals surface area contributed by atoms with Gasteiger partial charge in [0.15, 0.2) is 5.82 Å². The van der Waals surface area contributed by atoms with E-state index in [0.717, 1.165) is 10.8 Å². The first-order valence-corrected chi connectivity index (χ1v) is 2.91. The molecule has 0 aliphatic rings. The Balaban J connectivity index is 2.95. The summed E-state index contributed by atoms with van der Waals surface area (Å²) in [7, 11) is 0. The number of aromatic amines is 1. The number of fused-ring (bicyclic) bond motifs is 1. The molecule has 10 heavy (non-hydrogen) atoms. The SMILES string of the molecule is Nc1nncc2c[nH]cc12. The number of nitrogen functional groups attached to an aromatic ring is 1. The molecule has 0 atom stereocenters. The second-order valence-electron chi connectivity index (χ2n) is 2.05. The monoisotopic (exact) mass is 134 g/mol. The van der Waals surface area contributed by atoms with Gasteiger partial charge in [-0.3, -0.25) is 0 Å². The van der Waals surface area contributed by atoms with Gasteiger partial charge in [0, 0.05) is 23.2 Å². The molecule has 50 valence electrons. The quantitative estimate of drug-likeness (QED) is 0.552. The molecule has 0 saturated carbocycles. The van der Waals surface area contributed by atoms with Crippen LogP contribution in [0.5, 0.6) is 0 Å². The highest BCUT2D eigenvalue weighted by molar-refractivity contribution is 5.89. The first-order chi connectivity index (χ1) is 4.88. The largest absolute Gasteiger partial charge is 0.382 e. The van der Waals surface area contributed by atoms with Crippen LogP contribution in [0.25, 0.3) is 10.8 Å². The fourth-order valence-corrected chi connectivity index (χ4v) is 0.912. The molecule has 0 bridgehead atoms. The number of anilines is 1. The van der Waals surface area contributed by atoms with Gasteiger partial charge >= 0.3 is 0 Å². The van der Waals surface area contributed by atoms with Crippen molar-refractivity contribution in [2.75, 3.05) is 5.73 Å². The second kappa shape index (κ2) is 1.70. The van der Waals surface area contributed by atoms with Crippen molar-refractivity contribution in [1.29, 1.82) is 0 Å². The minimum absolute atomic E-state index is 0.471. The van der Waals surface area contributed by atoms with Gasteiger partial charge in [-0.15, -0.1) is 5.10 Å². The van der Waals surface area contributed by atoms with Crippen molar-refractivity contribution in [3.63, 3.8) is 0 Å². The van der Waals surface area contributed by atoms with Gasteiger partial charge in [0.2, 0.25) is 0 Å². The molecule has 3 N–H and O–H groups in total. The molecule has 4 nitrogen and oxygen atoms in total. The molecule has 0 aromatic carbocycles. The third-order valence-electron chi connectivity index (χ3n) is 1.42. The highest BCUT2D eigenvalue weighted by atomic mass is 15.1. The summed E-state index contributed by atoms with van der Waals surface area (Å²) in [5, 5.41) is 9.30. The molecule has 0 aliphatic carbocycles. The van der Waals surface area contributed by atoms with Crippen LogP contribution in [0.2, 0.25) is 0 Å². The van der Waals surface area contributed by atoms with Crippen molar-refractivity contribution in [2.24, 2.45) is 0 Å². The summed E-state index contributed by atoms with van der Waals surface area (Å²) in [5.41, 5.74) is 5.51. The summed E-state index contributed by atoms with van der Waals surface area (Å²) < 4.78 is 0. The summed E-state index contributed by atoms with van der Waals surface area (Å²) in [6, 6.07) is 0. The predicted octanol–water partition coefficient (Wildman–Crippen LogP) is 0.540. The topological polar surface area (TPSA) is 67.6 Å². The van der Waals surface area contributed by atoms with E-state index in [0.29, 0.717) is 5.82 Å². The maximum Gasteiger partial charge on any atom is 0.155 e. The maximum absolute atomic E-state index is 5.51. The van der Waals surface area contributed by atoms with Crippen LogP contribution >= 0.6 is 0 Å². The lowest BCUT2D eigenvalue weighted by atomic mass is 10.3. The van der Waals surface area contributed by atoms with Crippen LogP contribution in [-0.2, 0) is 0 Å². The zero-order chi connectivity index (χ0) is 6.97. The normalized spacial score (nSPS) is 10.4. The van der Waals surface area contributed by atoms with E-state index < -0.39 is 0 Å². The first-order valence-electron chi connectivity index (χ1n) is 2.91. The van der Waals surface area contributed by atoms with E-state index in [1.165, 1.54) is 0 Å². The van der Waals surface area contributed by atoms with Crippen molar-refractivity contribution in [3.8, 4) is 0 Å². The number of aromatic nitrogens is 3. The Morgan fingerprint density at radius 3 is 3.10 bits per heavy atom. The predicted molar refractivity (Wildman–Crippen MR) is 38.3 cm³/mol. The Morgan fingerprint density at radius 1 is 1.40 bits per heavy atom. The molecule has 2 aromatic rings. The third kappa shape index (κ3) is 0.556. The molecule has 2 rings (SSSR count). The number of hydrogen-bond acceptors (Lipinski definition) is 3. The zero-order valence-electron chi connectivity index (χ0n) is 5.20. The van der Waals surface area contributed by atoms with Crippen molar-refractivity contribution < 1.29 is 0 Å². The van der Waals surface area contributed by atoms with E-state index in [4.69, 9.17) is 5.73 Å². The molecular formula is C6H6N4. The number of nitrogens with zero attached hydrogens (tertiary/aromatic N) is 2. The van der Waals surface area contributed by atoms with Gasteiger partial charge < -0.3 is 10.7 Å². The van der Waals surface area contributed by atoms with Crippen molar-refractivity contribution in [1.82, 2.24) is 15.2 Å². The van der Waals surface area contributed by atoms with Gasteiger partial charge in [-0.25, -0.2) is 0 Å². The fraction of sp³-hybridized carbons (Fsp3) is 0. The van der Waals surface area contributed by atoms with Gasteiger partial charge in [-0.1, -0.05) is 0 Å². The lowest BCUT2D eigenvalue weighted by molar-refractivity contribution is 1.06. The molecule has 2 aromatic heterocycles. The van der Waals surface area contributed by atoms with Crippen LogP contribution in [0.3, 0.4) is 0 Å². The molecule has 0 radical (unpaired) electrons. The summed E-state index contributed by atoms with van der Waals surface area (Å²) in [4.78, 5) is 2.92. The number of nitrogens with two attached hydrogens (primary N) is 1. The Morgan fingerprint density at radius 2 is 2.30 bits per heavy atom. The van der Waals surface area contributed by atoms with Crippen LogP contribution in [0.4, 0.5) is 5.82 Å². The zero-order valence-corrected chi connectivity index (χ0v) is 5.20. The Hall–Kier alpha value is -1.58. The number of H-pyrrole nitrogens is 1. The summed E-state index contributed by atoms with van der Waals surface area (Å²) >= 11 is 0. The van der Waals surface area contributed by atoms with Gasteiger partial charge in [0.1, 0.15) is 0 Å². The third-order valence-corrected chi connectivity index (χ3v) is 1.42. The van der Waals surface area contributed by atoms with Crippen LogP contribution in [0, 0.1) is 0 Å². The highest BCUT2D eigenvalue weighted by Crippen LogP contribution is 2.14. The van der Waals surface area contributed by atoms with Crippen LogP contribution in [0.15, 0.2) is 18.6 Å². The van der Waals surface area contributed by atoms with Gasteiger partial charge in [0.25, 0.3) is 0 Å². The molecule has 0 unspecified atom stereocenters. The Bertz CT molecular complexity index is 351. The Labute approximate surface area is 57.1 Å². The van der Waals surface area contributed by atoms with Gasteiger partial charge in [-0.05, 0) is 0 Å². The minimum atomic E-state index is 0.471. The minimum Gasteiger partial charge on any atom is -0.382 e. The smallest absolute Gasteiger partial charge is 0.155 e. The van der Waals surface area contributed by atoms with Crippen LogP contribution in [-0.4, -0.2) is 15.2 Å². The molecule has 4 heteroatoms. The van der Waals surface area contributed by atoms with Crippen molar-refractivity contribution >= 4 is 16.6 Å². The van der Waals surface area contributed by atoms with Gasteiger partial charge in [-0.2, -0.15) is 5.10 Å². The lowest BCUT2D eigenvalue weighted by Crippen LogP contribution is -1.91. The van der Waals surface area contributed by atoms with E-state index in [2.05, 4.69) is 15.2 Å². The number of hydrogen-bond donors (Lipinski definition) is 2. The van der Waals surface area contributed by atoms with Crippen molar-refractivity contribution in [3.05, 3.63) is 18.6 Å². The molecule has 2 heterocycles. The van der Waals surface area contributed by atoms with E-state index in [1.54, 1.807) is 12.4 Å². The summed E-state index contributed by atoms with van der Waals surface area (Å²) in [6.07, 6.45) is 5.31. The fourth-order valence-electron chi connectivity index (χ4n) is 0.912. The molecule has 0 aliphatic heterocycles. The molecule has 0 saturated heterocycles. The molecule has 0 spiro atoms. The summed E-state index contributed by atoms with van der Waals surface area (Å²) in [6.45, 7) is 0. The second-order valence-corrected chi connectivity index (χ2v) is 2.05.